The molecule has 3 aromatic rings. The Labute approximate surface area is 197 Å². The maximum atomic E-state index is 12.9. The van der Waals surface area contributed by atoms with Gasteiger partial charge in [-0.3, -0.25) is 9.59 Å². The van der Waals surface area contributed by atoms with Crippen molar-refractivity contribution in [3.05, 3.63) is 71.6 Å². The van der Waals surface area contributed by atoms with E-state index < -0.39 is 6.23 Å². The minimum absolute atomic E-state index is 0.0251. The van der Waals surface area contributed by atoms with Gasteiger partial charge in [0.15, 0.2) is 0 Å². The van der Waals surface area contributed by atoms with E-state index in [1.807, 2.05) is 24.3 Å². The molecule has 1 aliphatic rings. The molecule has 0 spiro atoms. The Morgan fingerprint density at radius 3 is 2.88 bits per heavy atom. The maximum absolute atomic E-state index is 12.9. The van der Waals surface area contributed by atoms with Crippen molar-refractivity contribution in [3.8, 4) is 6.07 Å². The van der Waals surface area contributed by atoms with Crippen LogP contribution in [0.25, 0.3) is 17.0 Å². The number of ether oxygens (including phenoxy) is 1. The largest absolute Gasteiger partial charge is 0.383 e. The van der Waals surface area contributed by atoms with Crippen molar-refractivity contribution in [1.82, 2.24) is 19.8 Å². The molecule has 2 N–H and O–H groups in total. The van der Waals surface area contributed by atoms with Crippen molar-refractivity contribution in [2.24, 2.45) is 0 Å². The van der Waals surface area contributed by atoms with Gasteiger partial charge in [0.25, 0.3) is 0 Å². The van der Waals surface area contributed by atoms with Crippen LogP contribution in [0.4, 0.5) is 5.82 Å². The average molecular weight is 457 g/mol. The predicted molar refractivity (Wildman–Crippen MR) is 127 cm³/mol. The zero-order chi connectivity index (χ0) is 24.1. The summed E-state index contributed by atoms with van der Waals surface area (Å²) >= 11 is 0. The number of rotatable bonds is 6. The zero-order valence-electron chi connectivity index (χ0n) is 18.7. The van der Waals surface area contributed by atoms with E-state index in [9.17, 15) is 9.59 Å². The highest BCUT2D eigenvalue weighted by Crippen LogP contribution is 2.21. The smallest absolute Gasteiger partial charge is 0.247 e. The second-order valence-corrected chi connectivity index (χ2v) is 7.92. The normalized spacial score (nSPS) is 15.0. The van der Waals surface area contributed by atoms with Gasteiger partial charge in [0.2, 0.25) is 11.8 Å². The Balaban J connectivity index is 1.39. The van der Waals surface area contributed by atoms with Crippen LogP contribution in [-0.4, -0.2) is 64.6 Å². The summed E-state index contributed by atoms with van der Waals surface area (Å²) in [5.74, 6) is -0.0163. The molecule has 0 bridgehead atoms. The number of anilines is 1. The molecule has 1 saturated heterocycles. The molecule has 9 nitrogen and oxygen atoms in total. The Kier molecular flexibility index (Phi) is 6.80. The average Bonchev–Trinajstić information content (AvgIpc) is 2.86. The fraction of sp³-hybridized carbons (Fsp3) is 0.240. The van der Waals surface area contributed by atoms with E-state index >= 15 is 0 Å². The van der Waals surface area contributed by atoms with Gasteiger partial charge in [0.1, 0.15) is 24.9 Å². The van der Waals surface area contributed by atoms with Gasteiger partial charge in [0, 0.05) is 38.1 Å². The van der Waals surface area contributed by atoms with Gasteiger partial charge in [-0.05, 0) is 41.5 Å². The molecule has 0 radical (unpaired) electrons. The number of nitriles is 1. The SMILES string of the molecule is CO[C@@H](Cc1ccc2c(N)ncnc2c1)N1CCN(C(=O)C=Cc2cccc(C#N)c2)CC1=O. The van der Waals surface area contributed by atoms with Gasteiger partial charge in [-0.2, -0.15) is 5.26 Å². The number of amides is 2. The van der Waals surface area contributed by atoms with Crippen LogP contribution in [0.2, 0.25) is 0 Å². The molecule has 2 heterocycles. The van der Waals surface area contributed by atoms with Crippen LogP contribution in [-0.2, 0) is 20.7 Å². The topological polar surface area (TPSA) is 125 Å². The number of nitrogen functional groups attached to an aromatic ring is 1. The standard InChI is InChI=1S/C25H24N6O3/c1-34-24(13-18-5-7-20-21(12-18)28-16-29-25(20)27)31-10-9-30(15-23(31)33)22(32)8-6-17-3-2-4-19(11-17)14-26/h2-8,11-12,16,24H,9-10,13,15H2,1H3,(H2,27,28,29)/t24-/m0/s1. The maximum Gasteiger partial charge on any atom is 0.247 e. The minimum atomic E-state index is -0.467. The molecule has 1 aliphatic heterocycles. The van der Waals surface area contributed by atoms with Crippen LogP contribution in [0.3, 0.4) is 0 Å². The third kappa shape index (κ3) is 5.03. The highest BCUT2D eigenvalue weighted by atomic mass is 16.5. The molecular formula is C25H24N6O3. The van der Waals surface area contributed by atoms with Crippen LogP contribution in [0.5, 0.6) is 0 Å². The van der Waals surface area contributed by atoms with Crippen LogP contribution < -0.4 is 5.73 Å². The van der Waals surface area contributed by atoms with Gasteiger partial charge >= 0.3 is 0 Å². The minimum Gasteiger partial charge on any atom is -0.383 e. The van der Waals surface area contributed by atoms with E-state index in [0.717, 1.165) is 22.0 Å². The Morgan fingerprint density at radius 2 is 2.12 bits per heavy atom. The number of methoxy groups -OCH3 is 1. The molecule has 0 aliphatic carbocycles. The van der Waals surface area contributed by atoms with E-state index in [-0.39, 0.29) is 18.4 Å². The van der Waals surface area contributed by atoms with Crippen molar-refractivity contribution in [3.63, 3.8) is 0 Å². The molecule has 0 saturated carbocycles. The Morgan fingerprint density at radius 1 is 1.26 bits per heavy atom. The van der Waals surface area contributed by atoms with Gasteiger partial charge in [-0.25, -0.2) is 9.97 Å². The van der Waals surface area contributed by atoms with Gasteiger partial charge in [-0.15, -0.1) is 0 Å². The number of carbonyl (C=O) groups excluding carboxylic acids is 2. The summed E-state index contributed by atoms with van der Waals surface area (Å²) in [7, 11) is 1.56. The predicted octanol–water partition coefficient (Wildman–Crippen LogP) is 1.98. The van der Waals surface area contributed by atoms with Crippen LogP contribution in [0.1, 0.15) is 16.7 Å². The first-order valence-electron chi connectivity index (χ1n) is 10.8. The van der Waals surface area contributed by atoms with Crippen molar-refractivity contribution in [1.29, 1.82) is 5.26 Å². The monoisotopic (exact) mass is 456 g/mol. The lowest BCUT2D eigenvalue weighted by Crippen LogP contribution is -2.56. The second kappa shape index (κ2) is 10.1. The summed E-state index contributed by atoms with van der Waals surface area (Å²) in [5.41, 5.74) is 8.84. The molecule has 2 amide bonds. The molecule has 1 aromatic heterocycles. The molecule has 1 fully saturated rings. The molecule has 0 unspecified atom stereocenters. The third-order valence-corrected chi connectivity index (χ3v) is 5.76. The number of carbonyl (C=O) groups is 2. The fourth-order valence-electron chi connectivity index (χ4n) is 3.94. The first-order valence-corrected chi connectivity index (χ1v) is 10.8. The highest BCUT2D eigenvalue weighted by Gasteiger charge is 2.31. The van der Waals surface area contributed by atoms with Crippen molar-refractivity contribution >= 4 is 34.6 Å². The van der Waals surface area contributed by atoms with Crippen LogP contribution in [0, 0.1) is 11.3 Å². The number of nitrogens with two attached hydrogens (primary N) is 1. The van der Waals surface area contributed by atoms with E-state index in [1.54, 1.807) is 36.3 Å². The number of aromatic nitrogens is 2. The zero-order valence-corrected chi connectivity index (χ0v) is 18.7. The lowest BCUT2D eigenvalue weighted by molar-refractivity contribution is -0.154. The van der Waals surface area contributed by atoms with Gasteiger partial charge in [-0.1, -0.05) is 18.2 Å². The number of nitrogens with zero attached hydrogens (tertiary/aromatic N) is 5. The molecule has 172 valence electrons. The fourth-order valence-corrected chi connectivity index (χ4v) is 3.94. The number of fused-ring (bicyclic) bond motifs is 1. The lowest BCUT2D eigenvalue weighted by atomic mass is 10.1. The van der Waals surface area contributed by atoms with E-state index in [2.05, 4.69) is 16.0 Å². The third-order valence-electron chi connectivity index (χ3n) is 5.76. The number of piperazine rings is 1. The molecular weight excluding hydrogens is 432 g/mol. The van der Waals surface area contributed by atoms with Crippen LogP contribution in [0.15, 0.2) is 54.9 Å². The summed E-state index contributed by atoms with van der Waals surface area (Å²) in [6.45, 7) is 0.737. The summed E-state index contributed by atoms with van der Waals surface area (Å²) in [6.07, 6.45) is 4.50. The van der Waals surface area contributed by atoms with E-state index in [1.165, 1.54) is 17.3 Å². The number of benzene rings is 2. The second-order valence-electron chi connectivity index (χ2n) is 7.92. The summed E-state index contributed by atoms with van der Waals surface area (Å²) < 4.78 is 5.63. The quantitative estimate of drug-likeness (QED) is 0.562. The van der Waals surface area contributed by atoms with E-state index in [0.29, 0.717) is 30.9 Å². The number of hydrogen-bond acceptors (Lipinski definition) is 7. The molecule has 9 heteroatoms. The van der Waals surface area contributed by atoms with Crippen molar-refractivity contribution in [2.45, 2.75) is 12.6 Å². The van der Waals surface area contributed by atoms with E-state index in [4.69, 9.17) is 15.7 Å². The number of hydrogen-bond donors (Lipinski definition) is 1. The summed E-state index contributed by atoms with van der Waals surface area (Å²) in [6, 6.07) is 14.7. The lowest BCUT2D eigenvalue weighted by Gasteiger charge is -2.38. The Hall–Kier alpha value is -4.29. The molecule has 1 atom stereocenters. The van der Waals surface area contributed by atoms with Crippen molar-refractivity contribution in [2.75, 3.05) is 32.5 Å². The van der Waals surface area contributed by atoms with Crippen LogP contribution >= 0.6 is 0 Å². The molecule has 4 rings (SSSR count). The molecule has 2 aromatic carbocycles. The van der Waals surface area contributed by atoms with Crippen molar-refractivity contribution < 1.29 is 14.3 Å². The highest BCUT2D eigenvalue weighted by molar-refractivity contribution is 5.95. The summed E-state index contributed by atoms with van der Waals surface area (Å²) in [5, 5.41) is 9.77. The Bertz CT molecular complexity index is 1300. The van der Waals surface area contributed by atoms with Gasteiger partial charge < -0.3 is 20.3 Å². The first kappa shape index (κ1) is 22.9. The molecule has 34 heavy (non-hydrogen) atoms. The first-order chi connectivity index (χ1) is 16.5. The summed E-state index contributed by atoms with van der Waals surface area (Å²) in [4.78, 5) is 36.9. The van der Waals surface area contributed by atoms with Gasteiger partial charge in [0.05, 0.1) is 17.1 Å².